The average molecular weight is 892 g/mol. The summed E-state index contributed by atoms with van der Waals surface area (Å²) in [5.41, 5.74) is 0. The zero-order valence-electron chi connectivity index (χ0n) is 43.2. The van der Waals surface area contributed by atoms with Crippen LogP contribution >= 0.6 is 0 Å². The second kappa shape index (κ2) is 49.8. The second-order valence-electron chi connectivity index (χ2n) is 20.3. The molecule has 0 N–H and O–H groups in total. The summed E-state index contributed by atoms with van der Waals surface area (Å²) in [6.07, 6.45) is 52.5. The zero-order valence-corrected chi connectivity index (χ0v) is 43.2. The monoisotopic (exact) mass is 891 g/mol. The van der Waals surface area contributed by atoms with Gasteiger partial charge in [-0.2, -0.15) is 0 Å². The molecule has 0 spiro atoms. The lowest BCUT2D eigenvalue weighted by atomic mass is 9.99. The maximum absolute atomic E-state index is 12.7. The van der Waals surface area contributed by atoms with E-state index in [-0.39, 0.29) is 31.1 Å². The minimum absolute atomic E-state index is 0.0636. The first-order valence-corrected chi connectivity index (χ1v) is 28.3. The van der Waals surface area contributed by atoms with Gasteiger partial charge in [-0.25, -0.2) is 0 Å². The van der Waals surface area contributed by atoms with Crippen molar-refractivity contribution in [1.29, 1.82) is 0 Å². The summed E-state index contributed by atoms with van der Waals surface area (Å²) in [5, 5.41) is 0. The molecule has 0 aliphatic carbocycles. The summed E-state index contributed by atoms with van der Waals surface area (Å²) in [7, 11) is 0. The fourth-order valence-corrected chi connectivity index (χ4v) is 8.66. The van der Waals surface area contributed by atoms with Gasteiger partial charge in [0.1, 0.15) is 13.2 Å². The lowest BCUT2D eigenvalue weighted by Gasteiger charge is -2.18. The number of ether oxygens (including phenoxy) is 3. The third-order valence-corrected chi connectivity index (χ3v) is 13.3. The average Bonchev–Trinajstić information content (AvgIpc) is 3.27. The van der Waals surface area contributed by atoms with E-state index in [1.54, 1.807) is 0 Å². The molecule has 0 bridgehead atoms. The highest BCUT2D eigenvalue weighted by Gasteiger charge is 2.19. The Balaban J connectivity index is 4.08. The summed E-state index contributed by atoms with van der Waals surface area (Å²) >= 11 is 0. The zero-order chi connectivity index (χ0) is 46.1. The van der Waals surface area contributed by atoms with E-state index in [1.165, 1.54) is 205 Å². The van der Waals surface area contributed by atoms with Crippen LogP contribution in [0, 0.1) is 11.8 Å². The molecule has 0 radical (unpaired) electrons. The first-order chi connectivity index (χ1) is 30.8. The minimum atomic E-state index is -0.760. The normalized spacial score (nSPS) is 12.5. The number of carbonyl (C=O) groups is 3. The van der Waals surface area contributed by atoms with Crippen LogP contribution < -0.4 is 0 Å². The summed E-state index contributed by atoms with van der Waals surface area (Å²) in [6.45, 7) is 11.4. The van der Waals surface area contributed by atoms with Crippen LogP contribution in [0.1, 0.15) is 317 Å². The molecule has 0 aliphatic heterocycles. The Hall–Kier alpha value is -1.59. The second-order valence-corrected chi connectivity index (χ2v) is 20.3. The molecule has 0 fully saturated rings. The number of esters is 3. The van der Waals surface area contributed by atoms with Crippen molar-refractivity contribution in [2.24, 2.45) is 11.8 Å². The van der Waals surface area contributed by atoms with Crippen molar-refractivity contribution >= 4 is 17.9 Å². The Labute approximate surface area is 393 Å². The van der Waals surface area contributed by atoms with Crippen LogP contribution in [0.3, 0.4) is 0 Å². The third kappa shape index (κ3) is 49.7. The molecule has 0 aliphatic rings. The predicted octanol–water partition coefficient (Wildman–Crippen LogP) is 18.5. The van der Waals surface area contributed by atoms with Crippen molar-refractivity contribution in [1.82, 2.24) is 0 Å². The fraction of sp³-hybridized carbons (Fsp3) is 0.947. The van der Waals surface area contributed by atoms with Gasteiger partial charge in [-0.1, -0.05) is 279 Å². The Kier molecular flexibility index (Phi) is 48.6. The molecule has 0 amide bonds. The smallest absolute Gasteiger partial charge is 0.306 e. The highest BCUT2D eigenvalue weighted by Crippen LogP contribution is 2.18. The fourth-order valence-electron chi connectivity index (χ4n) is 8.66. The minimum Gasteiger partial charge on any atom is -0.462 e. The topological polar surface area (TPSA) is 78.9 Å². The van der Waals surface area contributed by atoms with E-state index in [0.29, 0.717) is 19.3 Å². The molecule has 0 saturated carbocycles. The number of carbonyl (C=O) groups excluding carboxylic acids is 3. The number of unbranched alkanes of at least 4 members (excludes halogenated alkanes) is 35. The van der Waals surface area contributed by atoms with Crippen LogP contribution in [0.2, 0.25) is 0 Å². The molecule has 0 aromatic heterocycles. The van der Waals surface area contributed by atoms with E-state index in [9.17, 15) is 14.4 Å². The molecule has 0 rings (SSSR count). The molecular formula is C57H110O6. The SMILES string of the molecule is CCCCCCCCCC(=O)O[C@H](COC(=O)CCCCCCCCCCCCCCCCCCCCC(C)CC)COC(=O)CCCCCCCCCCCCCCCC(C)C. The van der Waals surface area contributed by atoms with E-state index in [4.69, 9.17) is 14.2 Å². The molecule has 0 aromatic rings. The van der Waals surface area contributed by atoms with Crippen molar-refractivity contribution in [3.8, 4) is 0 Å². The van der Waals surface area contributed by atoms with E-state index in [0.717, 1.165) is 69.6 Å². The Morgan fingerprint density at radius 1 is 0.333 bits per heavy atom. The van der Waals surface area contributed by atoms with Crippen LogP contribution in [-0.2, 0) is 28.6 Å². The highest BCUT2D eigenvalue weighted by atomic mass is 16.6. The summed E-state index contributed by atoms with van der Waals surface area (Å²) < 4.78 is 16.8. The van der Waals surface area contributed by atoms with Gasteiger partial charge >= 0.3 is 17.9 Å². The molecule has 0 heterocycles. The Bertz CT molecular complexity index is 964. The van der Waals surface area contributed by atoms with Crippen molar-refractivity contribution in [2.45, 2.75) is 323 Å². The van der Waals surface area contributed by atoms with Crippen molar-refractivity contribution in [2.75, 3.05) is 13.2 Å². The van der Waals surface area contributed by atoms with E-state index in [1.807, 2.05) is 0 Å². The van der Waals surface area contributed by atoms with Crippen molar-refractivity contribution < 1.29 is 28.6 Å². The molecule has 2 atom stereocenters. The first-order valence-electron chi connectivity index (χ1n) is 28.3. The number of rotatable bonds is 51. The van der Waals surface area contributed by atoms with E-state index < -0.39 is 6.10 Å². The van der Waals surface area contributed by atoms with Crippen LogP contribution in [0.4, 0.5) is 0 Å². The summed E-state index contributed by atoms with van der Waals surface area (Å²) in [4.78, 5) is 37.9. The van der Waals surface area contributed by atoms with Crippen LogP contribution in [0.5, 0.6) is 0 Å². The molecule has 6 nitrogen and oxygen atoms in total. The predicted molar refractivity (Wildman–Crippen MR) is 270 cm³/mol. The largest absolute Gasteiger partial charge is 0.462 e. The number of hydrogen-bond donors (Lipinski definition) is 0. The van der Waals surface area contributed by atoms with E-state index >= 15 is 0 Å². The van der Waals surface area contributed by atoms with E-state index in [2.05, 4.69) is 34.6 Å². The highest BCUT2D eigenvalue weighted by molar-refractivity contribution is 5.71. The van der Waals surface area contributed by atoms with Gasteiger partial charge in [0, 0.05) is 19.3 Å². The maximum atomic E-state index is 12.7. The lowest BCUT2D eigenvalue weighted by molar-refractivity contribution is -0.167. The standard InChI is InChI=1S/C57H110O6/c1-6-8-9-10-30-39-44-49-57(60)63-54(51-62-56(59)48-43-38-34-29-25-21-17-18-22-26-31-35-40-45-52(3)4)50-61-55(58)47-42-37-33-28-24-20-16-14-12-11-13-15-19-23-27-32-36-41-46-53(5)7-2/h52-54H,6-51H2,1-5H3/t53?,54-/m1/s1. The quantitative estimate of drug-likeness (QED) is 0.0344. The molecule has 0 saturated heterocycles. The molecule has 374 valence electrons. The molecule has 1 unspecified atom stereocenters. The van der Waals surface area contributed by atoms with Gasteiger partial charge in [0.25, 0.3) is 0 Å². The van der Waals surface area contributed by atoms with Gasteiger partial charge < -0.3 is 14.2 Å². The van der Waals surface area contributed by atoms with Crippen molar-refractivity contribution in [3.05, 3.63) is 0 Å². The molecular weight excluding hydrogens is 781 g/mol. The number of hydrogen-bond acceptors (Lipinski definition) is 6. The van der Waals surface area contributed by atoms with Gasteiger partial charge in [-0.15, -0.1) is 0 Å². The van der Waals surface area contributed by atoms with Crippen LogP contribution in [0.15, 0.2) is 0 Å². The van der Waals surface area contributed by atoms with Gasteiger partial charge in [-0.3, -0.25) is 14.4 Å². The summed E-state index contributed by atoms with van der Waals surface area (Å²) in [6, 6.07) is 0. The van der Waals surface area contributed by atoms with Gasteiger partial charge in [-0.05, 0) is 31.1 Å². The van der Waals surface area contributed by atoms with Crippen molar-refractivity contribution in [3.63, 3.8) is 0 Å². The lowest BCUT2D eigenvalue weighted by Crippen LogP contribution is -2.30. The van der Waals surface area contributed by atoms with Gasteiger partial charge in [0.2, 0.25) is 0 Å². The third-order valence-electron chi connectivity index (χ3n) is 13.3. The molecule has 63 heavy (non-hydrogen) atoms. The van der Waals surface area contributed by atoms with Crippen LogP contribution in [0.25, 0.3) is 0 Å². The molecule has 0 aromatic carbocycles. The maximum Gasteiger partial charge on any atom is 0.306 e. The Morgan fingerprint density at radius 3 is 0.905 bits per heavy atom. The van der Waals surface area contributed by atoms with Crippen LogP contribution in [-0.4, -0.2) is 37.2 Å². The first kappa shape index (κ1) is 61.4. The summed E-state index contributed by atoms with van der Waals surface area (Å²) in [5.74, 6) is 0.900. The van der Waals surface area contributed by atoms with Gasteiger partial charge in [0.15, 0.2) is 6.10 Å². The van der Waals surface area contributed by atoms with Gasteiger partial charge in [0.05, 0.1) is 0 Å². The molecule has 6 heteroatoms. The Morgan fingerprint density at radius 2 is 0.603 bits per heavy atom.